The summed E-state index contributed by atoms with van der Waals surface area (Å²) in [7, 11) is 0. The fraction of sp³-hybridized carbons (Fsp3) is 0.0625. The van der Waals surface area contributed by atoms with Crippen molar-refractivity contribution in [2.24, 2.45) is 0 Å². The third-order valence-corrected chi connectivity index (χ3v) is 3.88. The van der Waals surface area contributed by atoms with Crippen molar-refractivity contribution in [3.63, 3.8) is 0 Å². The Morgan fingerprint density at radius 1 is 0.905 bits per heavy atom. The monoisotopic (exact) mass is 294 g/mol. The molecule has 4 aromatic rings. The lowest BCUT2D eigenvalue weighted by Gasteiger charge is -2.05. The largest absolute Gasteiger partial charge is 0.191 e. The highest BCUT2D eigenvalue weighted by Crippen LogP contribution is 2.28. The average molecular weight is 295 g/mol. The first-order valence-electron chi connectivity index (χ1n) is 6.61. The van der Waals surface area contributed by atoms with Crippen molar-refractivity contribution in [3.05, 3.63) is 59.2 Å². The van der Waals surface area contributed by atoms with Gasteiger partial charge in [-0.05, 0) is 12.5 Å². The summed E-state index contributed by atoms with van der Waals surface area (Å²) in [5, 5.41) is 15.3. The van der Waals surface area contributed by atoms with Crippen LogP contribution in [0.1, 0.15) is 5.56 Å². The van der Waals surface area contributed by atoms with Gasteiger partial charge in [0.15, 0.2) is 16.6 Å². The van der Waals surface area contributed by atoms with Crippen LogP contribution < -0.4 is 0 Å². The number of halogens is 1. The molecule has 2 aromatic carbocycles. The standard InChI is InChI=1S/C16H11ClN4/c1-10-6-2-3-7-11(10)15-18-19-16-13-9-5-4-8-12(13)14(17)20-21(15)16/h2-9H,1H3. The molecule has 0 bridgehead atoms. The minimum Gasteiger partial charge on any atom is -0.191 e. The summed E-state index contributed by atoms with van der Waals surface area (Å²) in [6.07, 6.45) is 0. The molecule has 4 rings (SSSR count). The van der Waals surface area contributed by atoms with Crippen LogP contribution in [0.3, 0.4) is 0 Å². The summed E-state index contributed by atoms with van der Waals surface area (Å²) in [6, 6.07) is 15.8. The smallest absolute Gasteiger partial charge is 0.186 e. The summed E-state index contributed by atoms with van der Waals surface area (Å²) >= 11 is 6.30. The number of nitrogens with zero attached hydrogens (tertiary/aromatic N) is 4. The van der Waals surface area contributed by atoms with E-state index in [1.165, 1.54) is 0 Å². The molecule has 0 aliphatic heterocycles. The van der Waals surface area contributed by atoms with Gasteiger partial charge in [-0.25, -0.2) is 0 Å². The minimum absolute atomic E-state index is 0.452. The zero-order valence-corrected chi connectivity index (χ0v) is 12.0. The van der Waals surface area contributed by atoms with Crippen LogP contribution in [0, 0.1) is 6.92 Å². The Morgan fingerprint density at radius 3 is 2.43 bits per heavy atom. The van der Waals surface area contributed by atoms with E-state index in [9.17, 15) is 0 Å². The van der Waals surface area contributed by atoms with Crippen LogP contribution in [0.4, 0.5) is 0 Å². The van der Waals surface area contributed by atoms with E-state index in [1.54, 1.807) is 4.52 Å². The second-order valence-electron chi connectivity index (χ2n) is 4.91. The van der Waals surface area contributed by atoms with Gasteiger partial charge in [0, 0.05) is 16.3 Å². The Bertz CT molecular complexity index is 975. The molecule has 4 nitrogen and oxygen atoms in total. The van der Waals surface area contributed by atoms with Gasteiger partial charge in [-0.1, -0.05) is 60.1 Å². The molecule has 2 aromatic heterocycles. The van der Waals surface area contributed by atoms with E-state index in [-0.39, 0.29) is 0 Å². The van der Waals surface area contributed by atoms with Gasteiger partial charge in [0.1, 0.15) is 0 Å². The molecular formula is C16H11ClN4. The van der Waals surface area contributed by atoms with Gasteiger partial charge in [0.2, 0.25) is 0 Å². The van der Waals surface area contributed by atoms with Crippen LogP contribution in [0.5, 0.6) is 0 Å². The Labute approximate surface area is 126 Å². The SMILES string of the molecule is Cc1ccccc1-c1nnc2c3ccccc3c(Cl)nn12. The normalized spacial score (nSPS) is 11.3. The van der Waals surface area contributed by atoms with Gasteiger partial charge in [-0.3, -0.25) is 0 Å². The van der Waals surface area contributed by atoms with Gasteiger partial charge < -0.3 is 0 Å². The van der Waals surface area contributed by atoms with Crippen molar-refractivity contribution in [3.8, 4) is 11.4 Å². The second kappa shape index (κ2) is 4.53. The van der Waals surface area contributed by atoms with Crippen LogP contribution in [-0.4, -0.2) is 19.8 Å². The molecule has 0 atom stereocenters. The van der Waals surface area contributed by atoms with Crippen molar-refractivity contribution in [1.82, 2.24) is 19.8 Å². The van der Waals surface area contributed by atoms with E-state index in [0.29, 0.717) is 16.6 Å². The summed E-state index contributed by atoms with van der Waals surface area (Å²) in [5.41, 5.74) is 2.84. The molecule has 0 aliphatic rings. The maximum absolute atomic E-state index is 6.30. The van der Waals surface area contributed by atoms with Crippen LogP contribution in [0.2, 0.25) is 5.15 Å². The Morgan fingerprint density at radius 2 is 1.62 bits per heavy atom. The van der Waals surface area contributed by atoms with Crippen molar-refractivity contribution >= 4 is 28.0 Å². The summed E-state index contributed by atoms with van der Waals surface area (Å²) in [4.78, 5) is 0. The molecule has 0 spiro atoms. The van der Waals surface area contributed by atoms with Crippen LogP contribution in [0.15, 0.2) is 48.5 Å². The minimum atomic E-state index is 0.452. The lowest BCUT2D eigenvalue weighted by Crippen LogP contribution is -1.97. The molecule has 0 radical (unpaired) electrons. The van der Waals surface area contributed by atoms with E-state index in [1.807, 2.05) is 55.5 Å². The quantitative estimate of drug-likeness (QED) is 0.534. The highest BCUT2D eigenvalue weighted by atomic mass is 35.5. The van der Waals surface area contributed by atoms with Gasteiger partial charge in [0.05, 0.1) is 0 Å². The number of aromatic nitrogens is 4. The summed E-state index contributed by atoms with van der Waals surface area (Å²) in [5.74, 6) is 0.704. The number of fused-ring (bicyclic) bond motifs is 3. The van der Waals surface area contributed by atoms with Crippen LogP contribution >= 0.6 is 11.6 Å². The number of hydrogen-bond acceptors (Lipinski definition) is 3. The van der Waals surface area contributed by atoms with Crippen LogP contribution in [0.25, 0.3) is 27.8 Å². The fourth-order valence-corrected chi connectivity index (χ4v) is 2.77. The number of rotatable bonds is 1. The molecule has 21 heavy (non-hydrogen) atoms. The zero-order valence-electron chi connectivity index (χ0n) is 11.3. The third kappa shape index (κ3) is 1.80. The maximum atomic E-state index is 6.30. The van der Waals surface area contributed by atoms with Crippen molar-refractivity contribution in [1.29, 1.82) is 0 Å². The van der Waals surface area contributed by atoms with E-state index in [2.05, 4.69) is 15.3 Å². The van der Waals surface area contributed by atoms with Crippen molar-refractivity contribution in [2.75, 3.05) is 0 Å². The number of benzene rings is 2. The predicted octanol–water partition coefficient (Wildman–Crippen LogP) is 3.91. The molecule has 0 saturated carbocycles. The highest BCUT2D eigenvalue weighted by molar-refractivity contribution is 6.34. The molecule has 0 aliphatic carbocycles. The summed E-state index contributed by atoms with van der Waals surface area (Å²) < 4.78 is 1.72. The molecule has 0 amide bonds. The predicted molar refractivity (Wildman–Crippen MR) is 83.5 cm³/mol. The van der Waals surface area contributed by atoms with Crippen molar-refractivity contribution < 1.29 is 0 Å². The van der Waals surface area contributed by atoms with Gasteiger partial charge in [-0.2, -0.15) is 9.61 Å². The summed E-state index contributed by atoms with van der Waals surface area (Å²) in [6.45, 7) is 2.04. The highest BCUT2D eigenvalue weighted by Gasteiger charge is 2.15. The third-order valence-electron chi connectivity index (χ3n) is 3.60. The number of aryl methyl sites for hydroxylation is 1. The topological polar surface area (TPSA) is 43.1 Å². The fourth-order valence-electron chi connectivity index (χ4n) is 2.53. The average Bonchev–Trinajstić information content (AvgIpc) is 2.92. The second-order valence-corrected chi connectivity index (χ2v) is 5.27. The lowest BCUT2D eigenvalue weighted by atomic mass is 10.1. The molecule has 0 fully saturated rings. The molecular weight excluding hydrogens is 284 g/mol. The first-order valence-corrected chi connectivity index (χ1v) is 6.99. The molecule has 0 unspecified atom stereocenters. The van der Waals surface area contributed by atoms with Crippen LogP contribution in [-0.2, 0) is 0 Å². The Kier molecular flexibility index (Phi) is 2.65. The van der Waals surface area contributed by atoms with Gasteiger partial charge >= 0.3 is 0 Å². The van der Waals surface area contributed by atoms with Gasteiger partial charge in [0.25, 0.3) is 0 Å². The van der Waals surface area contributed by atoms with E-state index in [0.717, 1.165) is 21.9 Å². The molecule has 0 saturated heterocycles. The van der Waals surface area contributed by atoms with Gasteiger partial charge in [-0.15, -0.1) is 10.2 Å². The van der Waals surface area contributed by atoms with Crippen molar-refractivity contribution in [2.45, 2.75) is 6.92 Å². The van der Waals surface area contributed by atoms with E-state index in [4.69, 9.17) is 11.6 Å². The first-order chi connectivity index (χ1) is 10.3. The molecule has 5 heteroatoms. The van der Waals surface area contributed by atoms with E-state index >= 15 is 0 Å². The molecule has 0 N–H and O–H groups in total. The maximum Gasteiger partial charge on any atom is 0.186 e. The lowest BCUT2D eigenvalue weighted by molar-refractivity contribution is 0.945. The first kappa shape index (κ1) is 12.3. The van der Waals surface area contributed by atoms with E-state index < -0.39 is 0 Å². The number of hydrogen-bond donors (Lipinski definition) is 0. The molecule has 2 heterocycles. The Hall–Kier alpha value is -2.46. The molecule has 102 valence electrons. The zero-order chi connectivity index (χ0) is 14.4. The Balaban J connectivity index is 2.12.